The molecule has 142 valence electrons. The molecule has 1 amide bonds. The summed E-state index contributed by atoms with van der Waals surface area (Å²) in [6.45, 7) is 1.33. The third-order valence-corrected chi connectivity index (χ3v) is 5.06. The van der Waals surface area contributed by atoms with Crippen LogP contribution in [0.5, 0.6) is 0 Å². The van der Waals surface area contributed by atoms with Crippen molar-refractivity contribution >= 4 is 32.9 Å². The minimum atomic E-state index is -0.187. The Morgan fingerprint density at radius 1 is 1.11 bits per heavy atom. The van der Waals surface area contributed by atoms with Gasteiger partial charge in [0, 0.05) is 24.0 Å². The quantitative estimate of drug-likeness (QED) is 0.422. The van der Waals surface area contributed by atoms with E-state index in [1.807, 2.05) is 30.3 Å². The summed E-state index contributed by atoms with van der Waals surface area (Å²) in [7, 11) is 0. The lowest BCUT2D eigenvalue weighted by Gasteiger charge is -2.10. The standard InChI is InChI=1S/C22H20BrN3O2/c23-17-7-3-6-16(14-17)15-26-19-9-2-1-8-18(19)25-21(26)11-4-12-24-22(27)20-10-5-13-28-20/h1-3,5-10,13-14H,4,11-12,15H2,(H,24,27). The number of hydrogen-bond donors (Lipinski definition) is 1. The first-order valence-electron chi connectivity index (χ1n) is 9.21. The summed E-state index contributed by atoms with van der Waals surface area (Å²) in [5.74, 6) is 1.17. The van der Waals surface area contributed by atoms with Crippen LogP contribution in [-0.2, 0) is 13.0 Å². The van der Waals surface area contributed by atoms with Gasteiger partial charge < -0.3 is 14.3 Å². The molecule has 0 unspecified atom stereocenters. The first-order valence-corrected chi connectivity index (χ1v) is 10.0. The van der Waals surface area contributed by atoms with Gasteiger partial charge in [-0.25, -0.2) is 4.98 Å². The highest BCUT2D eigenvalue weighted by Gasteiger charge is 2.12. The number of nitrogens with one attached hydrogen (secondary N) is 1. The van der Waals surface area contributed by atoms with Crippen molar-refractivity contribution < 1.29 is 9.21 Å². The molecular weight excluding hydrogens is 418 g/mol. The van der Waals surface area contributed by atoms with Crippen molar-refractivity contribution in [3.63, 3.8) is 0 Å². The normalized spacial score (nSPS) is 11.0. The number of carbonyl (C=O) groups excluding carboxylic acids is 1. The van der Waals surface area contributed by atoms with Crippen molar-refractivity contribution in [2.45, 2.75) is 19.4 Å². The Balaban J connectivity index is 1.47. The van der Waals surface area contributed by atoms with Crippen LogP contribution in [0.25, 0.3) is 11.0 Å². The summed E-state index contributed by atoms with van der Waals surface area (Å²) in [4.78, 5) is 16.8. The molecule has 0 aliphatic carbocycles. The highest BCUT2D eigenvalue weighted by molar-refractivity contribution is 9.10. The lowest BCUT2D eigenvalue weighted by atomic mass is 10.2. The Labute approximate surface area is 171 Å². The molecule has 0 bridgehead atoms. The first kappa shape index (κ1) is 18.5. The second-order valence-electron chi connectivity index (χ2n) is 6.57. The fraction of sp³-hybridized carbons (Fsp3) is 0.182. The van der Waals surface area contributed by atoms with Crippen molar-refractivity contribution in [1.82, 2.24) is 14.9 Å². The van der Waals surface area contributed by atoms with Crippen molar-refractivity contribution in [2.75, 3.05) is 6.54 Å². The number of halogens is 1. The second-order valence-corrected chi connectivity index (χ2v) is 7.49. The van der Waals surface area contributed by atoms with E-state index in [0.717, 1.165) is 40.7 Å². The summed E-state index contributed by atoms with van der Waals surface area (Å²) in [6.07, 6.45) is 3.08. The number of aryl methyl sites for hydroxylation is 1. The monoisotopic (exact) mass is 437 g/mol. The predicted molar refractivity (Wildman–Crippen MR) is 112 cm³/mol. The Kier molecular flexibility index (Phi) is 5.58. The van der Waals surface area contributed by atoms with Gasteiger partial charge in [0.05, 0.1) is 17.3 Å². The van der Waals surface area contributed by atoms with Crippen molar-refractivity contribution in [1.29, 1.82) is 0 Å². The molecule has 0 spiro atoms. The first-order chi connectivity index (χ1) is 13.7. The molecule has 0 fully saturated rings. The average molecular weight is 438 g/mol. The minimum absolute atomic E-state index is 0.187. The van der Waals surface area contributed by atoms with Crippen LogP contribution in [0, 0.1) is 0 Å². The molecule has 2 aromatic carbocycles. The Morgan fingerprint density at radius 2 is 2.00 bits per heavy atom. The van der Waals surface area contributed by atoms with Gasteiger partial charge >= 0.3 is 0 Å². The van der Waals surface area contributed by atoms with Gasteiger partial charge in [-0.2, -0.15) is 0 Å². The van der Waals surface area contributed by atoms with E-state index < -0.39 is 0 Å². The fourth-order valence-corrected chi connectivity index (χ4v) is 3.70. The van der Waals surface area contributed by atoms with E-state index in [0.29, 0.717) is 12.3 Å². The van der Waals surface area contributed by atoms with Crippen LogP contribution < -0.4 is 5.32 Å². The third kappa shape index (κ3) is 4.17. The van der Waals surface area contributed by atoms with E-state index in [4.69, 9.17) is 9.40 Å². The van der Waals surface area contributed by atoms with Crippen LogP contribution in [0.3, 0.4) is 0 Å². The third-order valence-electron chi connectivity index (χ3n) is 4.57. The molecule has 0 aliphatic heterocycles. The molecule has 0 atom stereocenters. The van der Waals surface area contributed by atoms with Gasteiger partial charge in [0.1, 0.15) is 5.82 Å². The molecule has 2 heterocycles. The molecule has 1 N–H and O–H groups in total. The average Bonchev–Trinajstić information content (AvgIpc) is 3.34. The second kappa shape index (κ2) is 8.44. The summed E-state index contributed by atoms with van der Waals surface area (Å²) in [6, 6.07) is 19.9. The number of para-hydroxylation sites is 2. The van der Waals surface area contributed by atoms with Crippen LogP contribution in [-0.4, -0.2) is 22.0 Å². The van der Waals surface area contributed by atoms with Crippen molar-refractivity contribution in [3.05, 3.63) is 88.5 Å². The van der Waals surface area contributed by atoms with Gasteiger partial charge in [0.2, 0.25) is 0 Å². The van der Waals surface area contributed by atoms with Crippen LogP contribution in [0.1, 0.15) is 28.4 Å². The number of furan rings is 1. The van der Waals surface area contributed by atoms with E-state index in [-0.39, 0.29) is 5.91 Å². The molecule has 0 saturated carbocycles. The van der Waals surface area contributed by atoms with Crippen molar-refractivity contribution in [3.8, 4) is 0 Å². The molecule has 0 saturated heterocycles. The number of amides is 1. The molecule has 5 nitrogen and oxygen atoms in total. The minimum Gasteiger partial charge on any atom is -0.459 e. The fourth-order valence-electron chi connectivity index (χ4n) is 3.25. The number of benzene rings is 2. The molecular formula is C22H20BrN3O2. The van der Waals surface area contributed by atoms with E-state index in [9.17, 15) is 4.79 Å². The predicted octanol–water partition coefficient (Wildman–Crippen LogP) is 4.80. The molecule has 4 rings (SSSR count). The van der Waals surface area contributed by atoms with Crippen molar-refractivity contribution in [2.24, 2.45) is 0 Å². The van der Waals surface area contributed by atoms with E-state index in [1.54, 1.807) is 12.1 Å². The Morgan fingerprint density at radius 3 is 2.82 bits per heavy atom. The molecule has 6 heteroatoms. The number of imidazole rings is 1. The highest BCUT2D eigenvalue weighted by atomic mass is 79.9. The molecule has 28 heavy (non-hydrogen) atoms. The lowest BCUT2D eigenvalue weighted by Crippen LogP contribution is -2.24. The van der Waals surface area contributed by atoms with Crippen LogP contribution in [0.2, 0.25) is 0 Å². The van der Waals surface area contributed by atoms with E-state index in [1.165, 1.54) is 11.8 Å². The largest absolute Gasteiger partial charge is 0.459 e. The molecule has 4 aromatic rings. The Bertz CT molecular complexity index is 1090. The van der Waals surface area contributed by atoms with Crippen LogP contribution >= 0.6 is 15.9 Å². The molecule has 0 radical (unpaired) electrons. The number of aromatic nitrogens is 2. The van der Waals surface area contributed by atoms with Gasteiger partial charge in [0.25, 0.3) is 5.91 Å². The topological polar surface area (TPSA) is 60.1 Å². The number of hydrogen-bond acceptors (Lipinski definition) is 3. The summed E-state index contributed by atoms with van der Waals surface area (Å²) in [5, 5.41) is 2.89. The summed E-state index contributed by atoms with van der Waals surface area (Å²) in [5.41, 5.74) is 3.33. The number of rotatable bonds is 7. The Hall–Kier alpha value is -2.86. The molecule has 2 aromatic heterocycles. The zero-order valence-electron chi connectivity index (χ0n) is 15.3. The summed E-state index contributed by atoms with van der Waals surface area (Å²) < 4.78 is 8.44. The maximum absolute atomic E-state index is 12.0. The lowest BCUT2D eigenvalue weighted by molar-refractivity contribution is 0.0925. The number of nitrogens with zero attached hydrogens (tertiary/aromatic N) is 2. The van der Waals surface area contributed by atoms with Gasteiger partial charge in [-0.05, 0) is 48.4 Å². The van der Waals surface area contributed by atoms with Crippen LogP contribution in [0.4, 0.5) is 0 Å². The SMILES string of the molecule is O=C(NCCCc1nc2ccccc2n1Cc1cccc(Br)c1)c1ccco1. The van der Waals surface area contributed by atoms with E-state index >= 15 is 0 Å². The number of fused-ring (bicyclic) bond motifs is 1. The summed E-state index contributed by atoms with van der Waals surface area (Å²) >= 11 is 3.54. The number of carbonyl (C=O) groups is 1. The zero-order chi connectivity index (χ0) is 19.3. The van der Waals surface area contributed by atoms with Crippen LogP contribution in [0.15, 0.2) is 75.8 Å². The van der Waals surface area contributed by atoms with Gasteiger partial charge in [-0.1, -0.05) is 40.2 Å². The highest BCUT2D eigenvalue weighted by Crippen LogP contribution is 2.20. The van der Waals surface area contributed by atoms with E-state index in [2.05, 4.69) is 44.0 Å². The van der Waals surface area contributed by atoms with Gasteiger partial charge in [-0.15, -0.1) is 0 Å². The maximum Gasteiger partial charge on any atom is 0.286 e. The zero-order valence-corrected chi connectivity index (χ0v) is 16.9. The smallest absolute Gasteiger partial charge is 0.286 e. The van der Waals surface area contributed by atoms with Gasteiger partial charge in [-0.3, -0.25) is 4.79 Å². The molecule has 0 aliphatic rings. The maximum atomic E-state index is 12.0. The van der Waals surface area contributed by atoms with Gasteiger partial charge in [0.15, 0.2) is 5.76 Å².